The first-order valence-corrected chi connectivity index (χ1v) is 7.24. The molecule has 0 aliphatic carbocycles. The summed E-state index contributed by atoms with van der Waals surface area (Å²) in [4.78, 5) is 6.13. The monoisotopic (exact) mass is 257 g/mol. The van der Waals surface area contributed by atoms with Crippen molar-refractivity contribution in [1.82, 2.24) is 15.2 Å². The van der Waals surface area contributed by atoms with Crippen LogP contribution in [0.4, 0.5) is 0 Å². The van der Waals surface area contributed by atoms with Gasteiger partial charge in [-0.1, -0.05) is 18.2 Å². The average molecular weight is 257 g/mol. The molecule has 1 saturated heterocycles. The zero-order valence-electron chi connectivity index (χ0n) is 11.9. The minimum absolute atomic E-state index is 0.693. The number of likely N-dealkylation sites (tertiary alicyclic amines) is 1. The van der Waals surface area contributed by atoms with E-state index >= 15 is 0 Å². The number of H-pyrrole nitrogens is 1. The number of hydrogen-bond acceptors (Lipinski definition) is 2. The SMILES string of the molecule is CNCC1CCCN1Cc1c(C)[nH]c2ccccc12. The van der Waals surface area contributed by atoms with E-state index in [4.69, 9.17) is 0 Å². The summed E-state index contributed by atoms with van der Waals surface area (Å²) in [6.07, 6.45) is 2.65. The van der Waals surface area contributed by atoms with Gasteiger partial charge in [-0.15, -0.1) is 0 Å². The molecule has 1 atom stereocenters. The molecule has 1 aliphatic rings. The Hall–Kier alpha value is -1.32. The lowest BCUT2D eigenvalue weighted by Gasteiger charge is -2.24. The summed E-state index contributed by atoms with van der Waals surface area (Å²) in [6.45, 7) is 5.59. The Labute approximate surface area is 115 Å². The summed E-state index contributed by atoms with van der Waals surface area (Å²) in [7, 11) is 2.05. The van der Waals surface area contributed by atoms with Gasteiger partial charge in [0.1, 0.15) is 0 Å². The van der Waals surface area contributed by atoms with E-state index in [-0.39, 0.29) is 0 Å². The number of nitrogens with zero attached hydrogens (tertiary/aromatic N) is 1. The molecule has 1 aliphatic heterocycles. The lowest BCUT2D eigenvalue weighted by atomic mass is 10.1. The molecule has 19 heavy (non-hydrogen) atoms. The Morgan fingerprint density at radius 2 is 2.21 bits per heavy atom. The maximum absolute atomic E-state index is 3.51. The lowest BCUT2D eigenvalue weighted by Crippen LogP contribution is -2.36. The van der Waals surface area contributed by atoms with Gasteiger partial charge in [0.05, 0.1) is 0 Å². The molecule has 1 unspecified atom stereocenters. The minimum atomic E-state index is 0.693. The molecule has 2 N–H and O–H groups in total. The maximum Gasteiger partial charge on any atom is 0.0459 e. The average Bonchev–Trinajstić information content (AvgIpc) is 2.97. The van der Waals surface area contributed by atoms with Crippen molar-refractivity contribution in [2.45, 2.75) is 32.4 Å². The zero-order valence-corrected chi connectivity index (χ0v) is 11.9. The van der Waals surface area contributed by atoms with Gasteiger partial charge in [-0.3, -0.25) is 4.90 Å². The van der Waals surface area contributed by atoms with Crippen molar-refractivity contribution in [2.24, 2.45) is 0 Å². The molecule has 2 aromatic rings. The predicted molar refractivity (Wildman–Crippen MR) is 80.4 cm³/mol. The molecular weight excluding hydrogens is 234 g/mol. The molecule has 3 rings (SSSR count). The van der Waals surface area contributed by atoms with Crippen molar-refractivity contribution < 1.29 is 0 Å². The molecule has 1 aromatic carbocycles. The fourth-order valence-electron chi connectivity index (χ4n) is 3.31. The van der Waals surface area contributed by atoms with Crippen molar-refractivity contribution in [2.75, 3.05) is 20.1 Å². The van der Waals surface area contributed by atoms with E-state index in [2.05, 4.69) is 46.4 Å². The van der Waals surface area contributed by atoms with Gasteiger partial charge in [0.15, 0.2) is 0 Å². The van der Waals surface area contributed by atoms with Gasteiger partial charge in [0.2, 0.25) is 0 Å². The summed E-state index contributed by atoms with van der Waals surface area (Å²) in [5.74, 6) is 0. The van der Waals surface area contributed by atoms with Crippen LogP contribution in [0.2, 0.25) is 0 Å². The molecule has 102 valence electrons. The molecule has 0 spiro atoms. The zero-order chi connectivity index (χ0) is 13.2. The Balaban J connectivity index is 1.86. The summed E-state index contributed by atoms with van der Waals surface area (Å²) in [6, 6.07) is 9.33. The molecule has 0 amide bonds. The van der Waals surface area contributed by atoms with Gasteiger partial charge < -0.3 is 10.3 Å². The van der Waals surface area contributed by atoms with E-state index in [9.17, 15) is 0 Å². The quantitative estimate of drug-likeness (QED) is 0.882. The number of aromatic nitrogens is 1. The summed E-state index contributed by atoms with van der Waals surface area (Å²) in [5, 5.41) is 4.71. The Morgan fingerprint density at radius 1 is 1.37 bits per heavy atom. The third-order valence-electron chi connectivity index (χ3n) is 4.33. The molecule has 0 radical (unpaired) electrons. The van der Waals surface area contributed by atoms with Crippen molar-refractivity contribution in [3.05, 3.63) is 35.5 Å². The van der Waals surface area contributed by atoms with Crippen LogP contribution in [0.3, 0.4) is 0 Å². The summed E-state index contributed by atoms with van der Waals surface area (Å²) < 4.78 is 0. The van der Waals surface area contributed by atoms with Gasteiger partial charge >= 0.3 is 0 Å². The largest absolute Gasteiger partial charge is 0.358 e. The second-order valence-corrected chi connectivity index (χ2v) is 5.60. The number of likely N-dealkylation sites (N-methyl/N-ethyl adjacent to an activating group) is 1. The van der Waals surface area contributed by atoms with E-state index in [1.807, 2.05) is 7.05 Å². The Morgan fingerprint density at radius 3 is 3.05 bits per heavy atom. The van der Waals surface area contributed by atoms with E-state index in [0.717, 1.165) is 13.1 Å². The van der Waals surface area contributed by atoms with Crippen LogP contribution in [0.1, 0.15) is 24.1 Å². The van der Waals surface area contributed by atoms with Gasteiger partial charge in [-0.05, 0) is 45.0 Å². The number of aromatic amines is 1. The van der Waals surface area contributed by atoms with Gasteiger partial charge in [-0.25, -0.2) is 0 Å². The van der Waals surface area contributed by atoms with Crippen LogP contribution >= 0.6 is 0 Å². The third-order valence-corrected chi connectivity index (χ3v) is 4.33. The second kappa shape index (κ2) is 5.35. The van der Waals surface area contributed by atoms with Crippen molar-refractivity contribution in [3.63, 3.8) is 0 Å². The molecule has 3 heteroatoms. The molecule has 3 nitrogen and oxygen atoms in total. The van der Waals surface area contributed by atoms with E-state index in [1.165, 1.54) is 41.5 Å². The topological polar surface area (TPSA) is 31.1 Å². The maximum atomic E-state index is 3.51. The van der Waals surface area contributed by atoms with E-state index < -0.39 is 0 Å². The first-order valence-electron chi connectivity index (χ1n) is 7.24. The third kappa shape index (κ3) is 2.40. The molecular formula is C16H23N3. The fraction of sp³-hybridized carbons (Fsp3) is 0.500. The van der Waals surface area contributed by atoms with Crippen molar-refractivity contribution >= 4 is 10.9 Å². The molecule has 2 heterocycles. The minimum Gasteiger partial charge on any atom is -0.358 e. The first kappa shape index (κ1) is 12.7. The van der Waals surface area contributed by atoms with Crippen LogP contribution in [0.5, 0.6) is 0 Å². The molecule has 1 aromatic heterocycles. The van der Waals surface area contributed by atoms with Crippen LogP contribution < -0.4 is 5.32 Å². The number of fused-ring (bicyclic) bond motifs is 1. The highest BCUT2D eigenvalue weighted by Gasteiger charge is 2.25. The molecule has 0 bridgehead atoms. The van der Waals surface area contributed by atoms with E-state index in [1.54, 1.807) is 0 Å². The molecule has 1 fully saturated rings. The first-order chi connectivity index (χ1) is 9.29. The second-order valence-electron chi connectivity index (χ2n) is 5.60. The number of aryl methyl sites for hydroxylation is 1. The predicted octanol–water partition coefficient (Wildman–Crippen LogP) is 2.66. The van der Waals surface area contributed by atoms with Crippen LogP contribution in [-0.4, -0.2) is 36.1 Å². The van der Waals surface area contributed by atoms with Gasteiger partial charge in [0, 0.05) is 35.7 Å². The van der Waals surface area contributed by atoms with Crippen LogP contribution in [0, 0.1) is 6.92 Å². The number of nitrogens with one attached hydrogen (secondary N) is 2. The number of para-hydroxylation sites is 1. The highest BCUT2D eigenvalue weighted by molar-refractivity contribution is 5.84. The van der Waals surface area contributed by atoms with E-state index in [0.29, 0.717) is 6.04 Å². The molecule has 0 saturated carbocycles. The fourth-order valence-corrected chi connectivity index (χ4v) is 3.31. The lowest BCUT2D eigenvalue weighted by molar-refractivity contribution is 0.242. The highest BCUT2D eigenvalue weighted by Crippen LogP contribution is 2.26. The van der Waals surface area contributed by atoms with Crippen LogP contribution in [-0.2, 0) is 6.54 Å². The van der Waals surface area contributed by atoms with Crippen molar-refractivity contribution in [1.29, 1.82) is 0 Å². The smallest absolute Gasteiger partial charge is 0.0459 e. The Kier molecular flexibility index (Phi) is 3.58. The number of benzene rings is 1. The highest BCUT2D eigenvalue weighted by atomic mass is 15.2. The summed E-state index contributed by atoms with van der Waals surface area (Å²) in [5.41, 5.74) is 4.05. The summed E-state index contributed by atoms with van der Waals surface area (Å²) >= 11 is 0. The van der Waals surface area contributed by atoms with Gasteiger partial charge in [0.25, 0.3) is 0 Å². The van der Waals surface area contributed by atoms with Crippen LogP contribution in [0.25, 0.3) is 10.9 Å². The Bertz CT molecular complexity index is 558. The van der Waals surface area contributed by atoms with Crippen molar-refractivity contribution in [3.8, 4) is 0 Å². The van der Waals surface area contributed by atoms with Gasteiger partial charge in [-0.2, -0.15) is 0 Å². The standard InChI is InChI=1S/C16H23N3/c1-12-15(14-7-3-4-8-16(14)18-12)11-19-9-5-6-13(19)10-17-2/h3-4,7-8,13,17-18H,5-6,9-11H2,1-2H3. The number of rotatable bonds is 4. The number of hydrogen-bond donors (Lipinski definition) is 2. The van der Waals surface area contributed by atoms with Crippen LogP contribution in [0.15, 0.2) is 24.3 Å². The normalized spacial score (nSPS) is 20.4.